The van der Waals surface area contributed by atoms with Gasteiger partial charge in [0.15, 0.2) is 6.10 Å². The van der Waals surface area contributed by atoms with Crippen LogP contribution in [0.3, 0.4) is 0 Å². The molecule has 0 aliphatic rings. The SMILES string of the molecule is CC(C)COC(CN)C(F)(F)F. The van der Waals surface area contributed by atoms with Crippen molar-refractivity contribution < 1.29 is 17.9 Å². The molecule has 0 heterocycles. The van der Waals surface area contributed by atoms with Gasteiger partial charge in [0.05, 0.1) is 0 Å². The topological polar surface area (TPSA) is 35.2 Å². The summed E-state index contributed by atoms with van der Waals surface area (Å²) < 4.78 is 40.5. The summed E-state index contributed by atoms with van der Waals surface area (Å²) in [5.41, 5.74) is 4.90. The van der Waals surface area contributed by atoms with Gasteiger partial charge in [-0.25, -0.2) is 0 Å². The zero-order valence-corrected chi connectivity index (χ0v) is 7.19. The summed E-state index contributed by atoms with van der Waals surface area (Å²) >= 11 is 0. The summed E-state index contributed by atoms with van der Waals surface area (Å²) in [4.78, 5) is 0. The maximum Gasteiger partial charge on any atom is 0.415 e. The van der Waals surface area contributed by atoms with Crippen LogP contribution in [0, 0.1) is 5.92 Å². The molecule has 74 valence electrons. The molecule has 2 N–H and O–H groups in total. The molecule has 0 aromatic rings. The first-order valence-electron chi connectivity index (χ1n) is 3.76. The van der Waals surface area contributed by atoms with Crippen molar-refractivity contribution in [1.82, 2.24) is 0 Å². The largest absolute Gasteiger partial charge is 0.415 e. The highest BCUT2D eigenvalue weighted by atomic mass is 19.4. The van der Waals surface area contributed by atoms with Crippen LogP contribution in [0.5, 0.6) is 0 Å². The molecule has 1 atom stereocenters. The lowest BCUT2D eigenvalue weighted by atomic mass is 10.2. The minimum absolute atomic E-state index is 0.0846. The van der Waals surface area contributed by atoms with Crippen LogP contribution in [0.15, 0.2) is 0 Å². The standard InChI is InChI=1S/C7H14F3NO/c1-5(2)4-12-6(3-11)7(8,9)10/h5-6H,3-4,11H2,1-2H3. The van der Waals surface area contributed by atoms with E-state index in [2.05, 4.69) is 4.74 Å². The molecule has 0 aliphatic heterocycles. The van der Waals surface area contributed by atoms with Crippen molar-refractivity contribution in [3.63, 3.8) is 0 Å². The molecule has 0 aromatic carbocycles. The maximum atomic E-state index is 12.0. The van der Waals surface area contributed by atoms with Crippen LogP contribution in [-0.4, -0.2) is 25.4 Å². The lowest BCUT2D eigenvalue weighted by molar-refractivity contribution is -0.218. The number of nitrogens with two attached hydrogens (primary N) is 1. The van der Waals surface area contributed by atoms with Gasteiger partial charge in [0.1, 0.15) is 0 Å². The van der Waals surface area contributed by atoms with Gasteiger partial charge in [-0.3, -0.25) is 0 Å². The lowest BCUT2D eigenvalue weighted by Crippen LogP contribution is -2.39. The van der Waals surface area contributed by atoms with E-state index in [1.165, 1.54) is 0 Å². The van der Waals surface area contributed by atoms with E-state index >= 15 is 0 Å². The molecule has 0 bridgehead atoms. The van der Waals surface area contributed by atoms with Crippen LogP contribution in [0.1, 0.15) is 13.8 Å². The molecule has 12 heavy (non-hydrogen) atoms. The van der Waals surface area contributed by atoms with Gasteiger partial charge in [-0.15, -0.1) is 0 Å². The third-order valence-corrected chi connectivity index (χ3v) is 1.21. The van der Waals surface area contributed by atoms with Gasteiger partial charge < -0.3 is 10.5 Å². The Morgan fingerprint density at radius 2 is 1.83 bits per heavy atom. The molecule has 0 saturated heterocycles. The molecule has 0 aromatic heterocycles. The van der Waals surface area contributed by atoms with E-state index in [1.807, 2.05) is 0 Å². The predicted molar refractivity (Wildman–Crippen MR) is 39.7 cm³/mol. The zero-order valence-electron chi connectivity index (χ0n) is 7.19. The van der Waals surface area contributed by atoms with Crippen LogP contribution in [0.4, 0.5) is 13.2 Å². The second kappa shape index (κ2) is 4.67. The number of halogens is 3. The molecule has 0 amide bonds. The molecule has 0 aliphatic carbocycles. The third-order valence-electron chi connectivity index (χ3n) is 1.21. The average Bonchev–Trinajstić information content (AvgIpc) is 1.85. The van der Waals surface area contributed by atoms with Crippen molar-refractivity contribution in [2.45, 2.75) is 26.1 Å². The number of rotatable bonds is 4. The van der Waals surface area contributed by atoms with Gasteiger partial charge >= 0.3 is 6.18 Å². The summed E-state index contributed by atoms with van der Waals surface area (Å²) in [5, 5.41) is 0. The van der Waals surface area contributed by atoms with E-state index < -0.39 is 18.8 Å². The fourth-order valence-corrected chi connectivity index (χ4v) is 0.605. The molecule has 0 radical (unpaired) electrons. The Balaban J connectivity index is 3.84. The van der Waals surface area contributed by atoms with E-state index in [0.29, 0.717) is 0 Å². The molecular weight excluding hydrogens is 171 g/mol. The first-order valence-corrected chi connectivity index (χ1v) is 3.76. The highest BCUT2D eigenvalue weighted by Crippen LogP contribution is 2.22. The number of hydrogen-bond donors (Lipinski definition) is 1. The smallest absolute Gasteiger partial charge is 0.367 e. The molecule has 0 rings (SSSR count). The van der Waals surface area contributed by atoms with Crippen molar-refractivity contribution >= 4 is 0 Å². The van der Waals surface area contributed by atoms with Crippen molar-refractivity contribution in [3.05, 3.63) is 0 Å². The van der Waals surface area contributed by atoms with Crippen molar-refractivity contribution in [1.29, 1.82) is 0 Å². The molecule has 5 heteroatoms. The van der Waals surface area contributed by atoms with E-state index in [9.17, 15) is 13.2 Å². The summed E-state index contributed by atoms with van der Waals surface area (Å²) in [6.07, 6.45) is -6.16. The molecule has 0 saturated carbocycles. The van der Waals surface area contributed by atoms with Crippen molar-refractivity contribution in [2.24, 2.45) is 11.7 Å². The highest BCUT2D eigenvalue weighted by molar-refractivity contribution is 4.68. The fourth-order valence-electron chi connectivity index (χ4n) is 0.605. The van der Waals surface area contributed by atoms with Gasteiger partial charge in [-0.1, -0.05) is 13.8 Å². The van der Waals surface area contributed by atoms with E-state index in [4.69, 9.17) is 5.73 Å². The Labute approximate surface area is 69.9 Å². The van der Waals surface area contributed by atoms with Crippen LogP contribution in [0.25, 0.3) is 0 Å². The van der Waals surface area contributed by atoms with E-state index in [0.717, 1.165) is 0 Å². The molecular formula is C7H14F3NO. The van der Waals surface area contributed by atoms with Crippen LogP contribution >= 0.6 is 0 Å². The van der Waals surface area contributed by atoms with Crippen LogP contribution in [0.2, 0.25) is 0 Å². The van der Waals surface area contributed by atoms with Crippen molar-refractivity contribution in [2.75, 3.05) is 13.2 Å². The Morgan fingerprint density at radius 1 is 1.33 bits per heavy atom. The maximum absolute atomic E-state index is 12.0. The molecule has 1 unspecified atom stereocenters. The van der Waals surface area contributed by atoms with Crippen LogP contribution < -0.4 is 5.73 Å². The van der Waals surface area contributed by atoms with Gasteiger partial charge in [-0.05, 0) is 5.92 Å². The first kappa shape index (κ1) is 11.7. The second-order valence-electron chi connectivity index (χ2n) is 2.99. The summed E-state index contributed by atoms with van der Waals surface area (Å²) in [5.74, 6) is 0.0846. The third kappa shape index (κ3) is 4.56. The first-order chi connectivity index (χ1) is 5.38. The van der Waals surface area contributed by atoms with Crippen molar-refractivity contribution in [3.8, 4) is 0 Å². The molecule has 0 spiro atoms. The van der Waals surface area contributed by atoms with Gasteiger partial charge in [-0.2, -0.15) is 13.2 Å². The molecule has 2 nitrogen and oxygen atoms in total. The van der Waals surface area contributed by atoms with Gasteiger partial charge in [0.25, 0.3) is 0 Å². The Bertz CT molecular complexity index is 124. The molecule has 0 fully saturated rings. The number of hydrogen-bond acceptors (Lipinski definition) is 2. The second-order valence-corrected chi connectivity index (χ2v) is 2.99. The Hall–Kier alpha value is -0.290. The Morgan fingerprint density at radius 3 is 2.08 bits per heavy atom. The minimum Gasteiger partial charge on any atom is -0.367 e. The fraction of sp³-hybridized carbons (Fsp3) is 1.00. The zero-order chi connectivity index (χ0) is 9.78. The van der Waals surface area contributed by atoms with Gasteiger partial charge in [0, 0.05) is 13.2 Å². The highest BCUT2D eigenvalue weighted by Gasteiger charge is 2.39. The minimum atomic E-state index is -4.34. The Kier molecular flexibility index (Phi) is 4.55. The predicted octanol–water partition coefficient (Wildman–Crippen LogP) is 1.55. The number of alkyl halides is 3. The van der Waals surface area contributed by atoms with E-state index in [-0.39, 0.29) is 12.5 Å². The lowest BCUT2D eigenvalue weighted by Gasteiger charge is -2.19. The summed E-state index contributed by atoms with van der Waals surface area (Å²) in [6, 6.07) is 0. The normalized spacial score (nSPS) is 15.2. The average molecular weight is 185 g/mol. The van der Waals surface area contributed by atoms with Gasteiger partial charge in [0.2, 0.25) is 0 Å². The quantitative estimate of drug-likeness (QED) is 0.721. The van der Waals surface area contributed by atoms with Crippen LogP contribution in [-0.2, 0) is 4.74 Å². The number of ether oxygens (including phenoxy) is 1. The summed E-state index contributed by atoms with van der Waals surface area (Å²) in [7, 11) is 0. The summed E-state index contributed by atoms with van der Waals surface area (Å²) in [6.45, 7) is 3.13. The van der Waals surface area contributed by atoms with E-state index in [1.54, 1.807) is 13.8 Å². The monoisotopic (exact) mass is 185 g/mol.